The first kappa shape index (κ1) is 18.1. The standard InChI is InChI=1S/C23H25NO2S/c1-16-4-6-18(7-5-16)19-12-20-14-24(15-22-17(2)8-11-27-22)9-10-26-23(20)21(13-19)25-3/h4-8,11-13H,9-10,14-15H2,1-3H3. The number of fused-ring (bicyclic) bond motifs is 1. The average Bonchev–Trinajstić information content (AvgIpc) is 2.96. The zero-order valence-corrected chi connectivity index (χ0v) is 16.9. The molecule has 140 valence electrons. The van der Waals surface area contributed by atoms with Crippen LogP contribution < -0.4 is 9.47 Å². The highest BCUT2D eigenvalue weighted by molar-refractivity contribution is 7.10. The van der Waals surface area contributed by atoms with Gasteiger partial charge in [0, 0.05) is 30.1 Å². The molecule has 1 aliphatic rings. The first-order valence-electron chi connectivity index (χ1n) is 9.30. The molecule has 0 aliphatic carbocycles. The number of ether oxygens (including phenoxy) is 2. The van der Waals surface area contributed by atoms with Gasteiger partial charge in [-0.05, 0) is 54.1 Å². The van der Waals surface area contributed by atoms with Crippen LogP contribution in [0.1, 0.15) is 21.6 Å². The molecule has 1 aromatic heterocycles. The Morgan fingerprint density at radius 3 is 2.59 bits per heavy atom. The summed E-state index contributed by atoms with van der Waals surface area (Å²) in [7, 11) is 1.72. The van der Waals surface area contributed by atoms with E-state index in [4.69, 9.17) is 9.47 Å². The molecule has 3 aromatic rings. The molecule has 0 atom stereocenters. The Hall–Kier alpha value is -2.30. The van der Waals surface area contributed by atoms with E-state index in [1.807, 2.05) is 11.3 Å². The van der Waals surface area contributed by atoms with Crippen molar-refractivity contribution in [1.29, 1.82) is 0 Å². The number of nitrogens with zero attached hydrogens (tertiary/aromatic N) is 1. The Morgan fingerprint density at radius 1 is 1.07 bits per heavy atom. The fraction of sp³-hybridized carbons (Fsp3) is 0.304. The average molecular weight is 380 g/mol. The van der Waals surface area contributed by atoms with E-state index >= 15 is 0 Å². The topological polar surface area (TPSA) is 21.7 Å². The molecule has 0 saturated carbocycles. The summed E-state index contributed by atoms with van der Waals surface area (Å²) in [5, 5.41) is 2.17. The van der Waals surface area contributed by atoms with Crippen molar-refractivity contribution in [3.8, 4) is 22.6 Å². The number of methoxy groups -OCH3 is 1. The number of benzene rings is 2. The van der Waals surface area contributed by atoms with Crippen LogP contribution in [0.4, 0.5) is 0 Å². The van der Waals surface area contributed by atoms with Gasteiger partial charge in [-0.15, -0.1) is 11.3 Å². The first-order valence-corrected chi connectivity index (χ1v) is 10.2. The second-order valence-corrected chi connectivity index (χ2v) is 8.12. The van der Waals surface area contributed by atoms with Gasteiger partial charge in [-0.2, -0.15) is 0 Å². The maximum absolute atomic E-state index is 6.10. The third kappa shape index (κ3) is 3.87. The Labute approximate surface area is 165 Å². The molecule has 0 radical (unpaired) electrons. The van der Waals surface area contributed by atoms with E-state index in [2.05, 4.69) is 66.6 Å². The van der Waals surface area contributed by atoms with E-state index < -0.39 is 0 Å². The quantitative estimate of drug-likeness (QED) is 0.603. The van der Waals surface area contributed by atoms with Crippen molar-refractivity contribution in [3.63, 3.8) is 0 Å². The lowest BCUT2D eigenvalue weighted by atomic mass is 10.0. The SMILES string of the molecule is COc1cc(-c2ccc(C)cc2)cc2c1OCCN(Cc1sccc1C)C2. The maximum atomic E-state index is 6.10. The molecule has 0 amide bonds. The highest BCUT2D eigenvalue weighted by Crippen LogP contribution is 2.38. The Balaban J connectivity index is 1.68. The van der Waals surface area contributed by atoms with Gasteiger partial charge in [-0.1, -0.05) is 29.8 Å². The van der Waals surface area contributed by atoms with Crippen LogP contribution in [0.15, 0.2) is 47.8 Å². The van der Waals surface area contributed by atoms with Crippen molar-refractivity contribution in [1.82, 2.24) is 4.90 Å². The smallest absolute Gasteiger partial charge is 0.165 e. The summed E-state index contributed by atoms with van der Waals surface area (Å²) >= 11 is 1.83. The van der Waals surface area contributed by atoms with Crippen LogP contribution in [0.5, 0.6) is 11.5 Å². The van der Waals surface area contributed by atoms with Crippen LogP contribution in [0.25, 0.3) is 11.1 Å². The van der Waals surface area contributed by atoms with Gasteiger partial charge in [-0.25, -0.2) is 0 Å². The van der Waals surface area contributed by atoms with E-state index in [1.165, 1.54) is 32.7 Å². The van der Waals surface area contributed by atoms with Crippen LogP contribution in [0.3, 0.4) is 0 Å². The highest BCUT2D eigenvalue weighted by atomic mass is 32.1. The van der Waals surface area contributed by atoms with Crippen LogP contribution in [-0.4, -0.2) is 25.2 Å². The lowest BCUT2D eigenvalue weighted by molar-refractivity contribution is 0.218. The van der Waals surface area contributed by atoms with Gasteiger partial charge in [0.15, 0.2) is 11.5 Å². The summed E-state index contributed by atoms with van der Waals surface area (Å²) in [5.74, 6) is 1.70. The van der Waals surface area contributed by atoms with E-state index in [0.717, 1.165) is 31.1 Å². The van der Waals surface area contributed by atoms with Crippen molar-refractivity contribution in [2.24, 2.45) is 0 Å². The molecule has 4 heteroatoms. The van der Waals surface area contributed by atoms with Crippen molar-refractivity contribution >= 4 is 11.3 Å². The molecular weight excluding hydrogens is 354 g/mol. The van der Waals surface area contributed by atoms with E-state index in [9.17, 15) is 0 Å². The number of thiophene rings is 1. The molecule has 0 saturated heterocycles. The molecule has 1 aliphatic heterocycles. The van der Waals surface area contributed by atoms with Crippen LogP contribution >= 0.6 is 11.3 Å². The predicted octanol–water partition coefficient (Wildman–Crippen LogP) is 5.44. The summed E-state index contributed by atoms with van der Waals surface area (Å²) in [6, 6.07) is 15.2. The normalized spacial score (nSPS) is 14.3. The zero-order valence-electron chi connectivity index (χ0n) is 16.1. The monoisotopic (exact) mass is 379 g/mol. The molecule has 0 unspecified atom stereocenters. The molecular formula is C23H25NO2S. The van der Waals surface area contributed by atoms with Gasteiger partial charge in [0.1, 0.15) is 6.61 Å². The fourth-order valence-electron chi connectivity index (χ4n) is 3.51. The fourth-order valence-corrected chi connectivity index (χ4v) is 4.45. The Morgan fingerprint density at radius 2 is 1.89 bits per heavy atom. The van der Waals surface area contributed by atoms with Crippen molar-refractivity contribution in [3.05, 3.63) is 69.4 Å². The summed E-state index contributed by atoms with van der Waals surface area (Å²) in [6.45, 7) is 7.71. The first-order chi connectivity index (χ1) is 13.1. The second-order valence-electron chi connectivity index (χ2n) is 7.12. The highest BCUT2D eigenvalue weighted by Gasteiger charge is 2.21. The molecule has 2 heterocycles. The Kier molecular flexibility index (Phi) is 5.19. The van der Waals surface area contributed by atoms with Crippen LogP contribution in [-0.2, 0) is 13.1 Å². The van der Waals surface area contributed by atoms with Crippen LogP contribution in [0.2, 0.25) is 0 Å². The van der Waals surface area contributed by atoms with Crippen molar-refractivity contribution in [2.45, 2.75) is 26.9 Å². The minimum atomic E-state index is 0.678. The summed E-state index contributed by atoms with van der Waals surface area (Å²) < 4.78 is 11.8. The number of rotatable bonds is 4. The summed E-state index contributed by atoms with van der Waals surface area (Å²) in [5.41, 5.74) is 6.20. The number of hydrogen-bond acceptors (Lipinski definition) is 4. The number of hydrogen-bond donors (Lipinski definition) is 0. The van der Waals surface area contributed by atoms with Gasteiger partial charge < -0.3 is 9.47 Å². The molecule has 27 heavy (non-hydrogen) atoms. The molecule has 0 spiro atoms. The van der Waals surface area contributed by atoms with Gasteiger partial charge in [-0.3, -0.25) is 4.90 Å². The molecule has 3 nitrogen and oxygen atoms in total. The van der Waals surface area contributed by atoms with E-state index in [1.54, 1.807) is 7.11 Å². The molecule has 0 bridgehead atoms. The Bertz CT molecular complexity index is 930. The molecule has 0 fully saturated rings. The third-order valence-corrected chi connectivity index (χ3v) is 6.13. The molecule has 4 rings (SSSR count). The summed E-state index contributed by atoms with van der Waals surface area (Å²) in [4.78, 5) is 3.89. The van der Waals surface area contributed by atoms with Gasteiger partial charge in [0.2, 0.25) is 0 Å². The lowest BCUT2D eigenvalue weighted by Gasteiger charge is -2.19. The van der Waals surface area contributed by atoms with E-state index in [-0.39, 0.29) is 0 Å². The van der Waals surface area contributed by atoms with Crippen molar-refractivity contribution < 1.29 is 9.47 Å². The molecule has 0 N–H and O–H groups in total. The maximum Gasteiger partial charge on any atom is 0.165 e. The minimum absolute atomic E-state index is 0.678. The predicted molar refractivity (Wildman–Crippen MR) is 112 cm³/mol. The number of aryl methyl sites for hydroxylation is 2. The zero-order chi connectivity index (χ0) is 18.8. The van der Waals surface area contributed by atoms with Crippen LogP contribution in [0, 0.1) is 13.8 Å². The lowest BCUT2D eigenvalue weighted by Crippen LogP contribution is -2.25. The second kappa shape index (κ2) is 7.75. The van der Waals surface area contributed by atoms with Crippen molar-refractivity contribution in [2.75, 3.05) is 20.3 Å². The van der Waals surface area contributed by atoms with Gasteiger partial charge in [0.05, 0.1) is 7.11 Å². The molecule has 2 aromatic carbocycles. The van der Waals surface area contributed by atoms with E-state index in [0.29, 0.717) is 6.61 Å². The summed E-state index contributed by atoms with van der Waals surface area (Å²) in [6.07, 6.45) is 0. The van der Waals surface area contributed by atoms with Gasteiger partial charge >= 0.3 is 0 Å². The van der Waals surface area contributed by atoms with Gasteiger partial charge in [0.25, 0.3) is 0 Å². The third-order valence-electron chi connectivity index (χ3n) is 5.12. The largest absolute Gasteiger partial charge is 0.493 e. The minimum Gasteiger partial charge on any atom is -0.493 e.